The topological polar surface area (TPSA) is 144 Å². The van der Waals surface area contributed by atoms with Gasteiger partial charge in [0.1, 0.15) is 5.82 Å². The van der Waals surface area contributed by atoms with Crippen LogP contribution in [0.15, 0.2) is 55.6 Å². The van der Waals surface area contributed by atoms with E-state index in [0.29, 0.717) is 42.2 Å². The normalized spacial score (nSPS) is 21.6. The van der Waals surface area contributed by atoms with E-state index in [9.17, 15) is 87.3 Å². The summed E-state index contributed by atoms with van der Waals surface area (Å²) < 4.78 is 149. The zero-order valence-electron chi connectivity index (χ0n) is 38.3. The number of nitro benzene ring substituents is 2. The quantitative estimate of drug-likeness (QED) is 0.0634. The maximum absolute atomic E-state index is 13.8. The van der Waals surface area contributed by atoms with Gasteiger partial charge in [-0.15, -0.1) is 13.2 Å². The molecule has 2 saturated heterocycles. The molecule has 3 aromatic rings. The molecule has 1 saturated carbocycles. The maximum Gasteiger partial charge on any atom is 0.471 e. The average Bonchev–Trinajstić information content (AvgIpc) is 3.32. The van der Waals surface area contributed by atoms with Crippen LogP contribution in [0.1, 0.15) is 105 Å². The van der Waals surface area contributed by atoms with Crippen molar-refractivity contribution in [2.75, 3.05) is 35.5 Å². The third-order valence-corrected chi connectivity index (χ3v) is 13.8. The number of carbonyl (C=O) groups is 3. The number of ketones is 1. The van der Waals surface area contributed by atoms with Crippen LogP contribution < -0.4 is 0 Å². The molecule has 0 N–H and O–H groups in total. The molecule has 6 bridgehead atoms. The minimum absolute atomic E-state index is 0. The van der Waals surface area contributed by atoms with E-state index in [1.165, 1.54) is 59.7 Å². The molecule has 6 unspecified atom stereocenters. The molecule has 74 heavy (non-hydrogen) atoms. The molecule has 6 aliphatic rings. The first-order valence-corrected chi connectivity index (χ1v) is 25.8. The third-order valence-electron chi connectivity index (χ3n) is 13.1. The van der Waals surface area contributed by atoms with Gasteiger partial charge >= 0.3 is 41.7 Å². The number of piperidine rings is 2. The predicted octanol–water partition coefficient (Wildman–Crippen LogP) is 13.9. The highest BCUT2D eigenvalue weighted by molar-refractivity contribution is 14.1. The number of hydrogen-bond donors (Lipinski definition) is 0. The van der Waals surface area contributed by atoms with E-state index in [1.807, 2.05) is 4.93 Å². The second kappa shape index (κ2) is 27.5. The van der Waals surface area contributed by atoms with E-state index in [2.05, 4.69) is 35.7 Å². The fraction of sp³-hybridized carbons (Fsp3) is 0.531. The van der Waals surface area contributed by atoms with Crippen LogP contribution in [0.25, 0.3) is 0 Å². The van der Waals surface area contributed by atoms with E-state index in [-0.39, 0.29) is 70.3 Å². The van der Waals surface area contributed by atoms with Gasteiger partial charge in [-0.2, -0.15) is 48.3 Å². The third kappa shape index (κ3) is 16.5. The molecular weight excluding hydrogens is 1240 g/mol. The lowest BCUT2D eigenvalue weighted by atomic mass is 9.69. The number of hydrogen-bond acceptors (Lipinski definition) is 7. The number of amides is 2. The Morgan fingerprint density at radius 2 is 0.986 bits per heavy atom. The monoisotopic (exact) mass is 1290 g/mol. The van der Waals surface area contributed by atoms with Gasteiger partial charge in [-0.05, 0) is 131 Å². The Labute approximate surface area is 447 Å². The number of halogens is 14. The van der Waals surface area contributed by atoms with E-state index < -0.39 is 73.6 Å². The highest BCUT2D eigenvalue weighted by Gasteiger charge is 2.48. The summed E-state index contributed by atoms with van der Waals surface area (Å²) in [5.41, 5.74) is 3.80. The van der Waals surface area contributed by atoms with Crippen molar-refractivity contribution in [3.05, 3.63) is 127 Å². The summed E-state index contributed by atoms with van der Waals surface area (Å²) in [5, 5.41) is 21.5. The number of nitrogens with zero attached hydrogens (tertiary/aromatic N) is 4. The second-order valence-electron chi connectivity index (χ2n) is 17.8. The smallest absolute Gasteiger partial charge is 0.334 e. The molecule has 3 aromatic carbocycles. The number of benzene rings is 3. The molecule has 2 amide bonds. The Balaban J connectivity index is 0.000000341. The zero-order chi connectivity index (χ0) is 54.2. The van der Waals surface area contributed by atoms with Gasteiger partial charge in [0.2, 0.25) is 17.4 Å². The van der Waals surface area contributed by atoms with Crippen molar-refractivity contribution in [3.8, 4) is 0 Å². The van der Waals surface area contributed by atoms with Gasteiger partial charge in [0, 0.05) is 50.1 Å². The Morgan fingerprint density at radius 1 is 0.595 bits per heavy atom. The fourth-order valence-corrected chi connectivity index (χ4v) is 10.8. The summed E-state index contributed by atoms with van der Waals surface area (Å²) in [6, 6.07) is 9.50. The molecule has 11 nitrogen and oxygen atoms in total. The molecule has 6 atom stereocenters. The molecule has 9 rings (SSSR count). The summed E-state index contributed by atoms with van der Waals surface area (Å²) in [4.78, 5) is 56.1. The van der Waals surface area contributed by atoms with Crippen LogP contribution in [0, 0.1) is 55.4 Å². The summed E-state index contributed by atoms with van der Waals surface area (Å²) in [6.07, 6.45) is -6.72. The van der Waals surface area contributed by atoms with Crippen LogP contribution in [0.3, 0.4) is 0 Å². The van der Waals surface area contributed by atoms with Crippen molar-refractivity contribution in [3.63, 3.8) is 0 Å². The van der Waals surface area contributed by atoms with Gasteiger partial charge in [-0.3, -0.25) is 34.6 Å². The van der Waals surface area contributed by atoms with Crippen molar-refractivity contribution >= 4 is 74.2 Å². The molecule has 0 aromatic heterocycles. The number of Topliss-reactive ketones (excluding diaryl/α,β-unsaturated/α-hetero) is 1. The van der Waals surface area contributed by atoms with Crippen LogP contribution >= 0.6 is 45.2 Å². The van der Waals surface area contributed by atoms with Crippen molar-refractivity contribution in [1.29, 1.82) is 0 Å². The summed E-state index contributed by atoms with van der Waals surface area (Å²) in [7, 11) is 0. The lowest BCUT2D eigenvalue weighted by molar-refractivity contribution is -0.387. The Hall–Kier alpha value is -4.57. The van der Waals surface area contributed by atoms with Gasteiger partial charge in [0.05, 0.1) is 14.3 Å². The Morgan fingerprint density at radius 3 is 1.38 bits per heavy atom. The summed E-state index contributed by atoms with van der Waals surface area (Å²) in [5.74, 6) is -7.18. The van der Waals surface area contributed by atoms with Crippen LogP contribution in [0.4, 0.5) is 64.1 Å². The van der Waals surface area contributed by atoms with E-state index >= 15 is 0 Å². The lowest BCUT2D eigenvalue weighted by Gasteiger charge is -2.42. The largest absolute Gasteiger partial charge is 0.471 e. The van der Waals surface area contributed by atoms with Crippen LogP contribution in [0.2, 0.25) is 0 Å². The maximum atomic E-state index is 13.8. The molecule has 2 aliphatic heterocycles. The molecule has 4 aliphatic carbocycles. The highest BCUT2D eigenvalue weighted by atomic mass is 127. The Kier molecular flexibility index (Phi) is 24.3. The van der Waals surface area contributed by atoms with Gasteiger partial charge in [0.15, 0.2) is 0 Å². The molecule has 0 spiro atoms. The van der Waals surface area contributed by atoms with Gasteiger partial charge in [-0.25, -0.2) is 4.39 Å². The molecule has 412 valence electrons. The number of likely N-dealkylation sites (tertiary alicyclic amines) is 2. The second-order valence-corrected chi connectivity index (χ2v) is 18.5. The number of alkyl halides is 11. The van der Waals surface area contributed by atoms with Gasteiger partial charge in [-0.1, -0.05) is 78.9 Å². The first kappa shape index (κ1) is 65.5. The first-order chi connectivity index (χ1) is 33.6. The number of nitro groups is 2. The fourth-order valence-electron chi connectivity index (χ4n) is 10.4. The standard InChI is InChI=1S/C14H12F4N2O3.C14H13F4NO.C13H14FNO2.C3H2F3IO.C2H4.CH3I.2CH4/c15-11-4-10-8(3-12(11)20(22)23)1-7-2-9(10)6-19(5-7)13(21)14(16,17)18;15-11-2-1-9-3-8-4-10(12(9)5-11)7-19(6-8)13(20)14(16,17)18;14-12-7-11-9-3-1-2-8(4-9)5-10(11)6-13(12)15(16)17;4-3(5,6)2(8)1-7;2*1-2;;/h3-4,7,9H,1-2,5-6H2;1-2,5,8,10H,3-4,6-7H2;6-9H,1-5H2;1H2;1-2H2;1H3;2*1H4. The molecule has 2 heterocycles. The van der Waals surface area contributed by atoms with Crippen molar-refractivity contribution < 1.29 is 76.9 Å². The number of rotatable bonds is 3. The zero-order valence-corrected chi connectivity index (χ0v) is 42.6. The summed E-state index contributed by atoms with van der Waals surface area (Å²) in [6.45, 7) is 5.95. The molecule has 0 radical (unpaired) electrons. The SMILES string of the molecule is C.C.C=C.CI.O=C(CI)C(F)(F)F.O=C(N1CC2Cc3cc([N+](=O)[O-])c(F)cc3C(C2)C1)C(F)(F)F.O=C(N1CC2Cc3ccc(F)cc3C(C2)C1)C(F)(F)F.O=[N+]([O-])c1cc2c(cc1F)C1CCCC(C2)C1. The molecular formula is C49H56F12I2N4O7. The Bertz CT molecular complexity index is 2480. The highest BCUT2D eigenvalue weighted by Crippen LogP contribution is 2.46. The van der Waals surface area contributed by atoms with E-state index in [0.717, 1.165) is 69.9 Å². The van der Waals surface area contributed by atoms with Crippen molar-refractivity contribution in [2.45, 2.75) is 109 Å². The van der Waals surface area contributed by atoms with E-state index in [4.69, 9.17) is 0 Å². The van der Waals surface area contributed by atoms with Crippen molar-refractivity contribution in [2.24, 2.45) is 17.8 Å². The van der Waals surface area contributed by atoms with Crippen LogP contribution in [-0.4, -0.2) is 91.3 Å². The van der Waals surface area contributed by atoms with Gasteiger partial charge in [0.25, 0.3) is 0 Å². The number of carbonyl (C=O) groups excluding carboxylic acids is 3. The number of fused-ring (bicyclic) bond motifs is 12. The van der Waals surface area contributed by atoms with Crippen molar-refractivity contribution in [1.82, 2.24) is 9.80 Å². The molecule has 25 heteroatoms. The minimum atomic E-state index is -4.94. The van der Waals surface area contributed by atoms with Crippen LogP contribution in [-0.2, 0) is 33.6 Å². The molecule has 3 fully saturated rings. The average molecular weight is 1290 g/mol. The van der Waals surface area contributed by atoms with E-state index in [1.54, 1.807) is 6.07 Å². The van der Waals surface area contributed by atoms with Crippen LogP contribution in [0.5, 0.6) is 0 Å². The van der Waals surface area contributed by atoms with Gasteiger partial charge < -0.3 is 9.80 Å². The lowest BCUT2D eigenvalue weighted by Crippen LogP contribution is -2.50. The predicted molar refractivity (Wildman–Crippen MR) is 270 cm³/mol. The summed E-state index contributed by atoms with van der Waals surface area (Å²) >= 11 is 3.52. The minimum Gasteiger partial charge on any atom is -0.334 e. The first-order valence-electron chi connectivity index (χ1n) is 22.1.